The maximum absolute atomic E-state index is 17.1. The molecule has 2 saturated heterocycles. The van der Waals surface area contributed by atoms with E-state index in [0.29, 0.717) is 29.6 Å². The number of nitrogens with zero attached hydrogens (tertiary/aromatic N) is 4. The molecule has 0 saturated carbocycles. The molecule has 8 nitrogen and oxygen atoms in total. The minimum atomic E-state index is -4.67. The second kappa shape index (κ2) is 14.8. The highest BCUT2D eigenvalue weighted by molar-refractivity contribution is 6.90. The van der Waals surface area contributed by atoms with Crippen LogP contribution in [0.3, 0.4) is 0 Å². The van der Waals surface area contributed by atoms with Gasteiger partial charge in [0.25, 0.3) is 0 Å². The molecule has 0 radical (unpaired) electrons. The number of alkyl halides is 3. The molecule has 2 fully saturated rings. The lowest BCUT2D eigenvalue weighted by atomic mass is 9.95. The first-order valence-electron chi connectivity index (χ1n) is 17.6. The number of ether oxygens (including phenoxy) is 3. The van der Waals surface area contributed by atoms with Crippen LogP contribution < -0.4 is 19.7 Å². The number of halogens is 5. The molecule has 4 heterocycles. The first-order valence-corrected chi connectivity index (χ1v) is 19.8. The first kappa shape index (κ1) is 37.7. The minimum Gasteiger partial charge on any atom is -0.468 e. The minimum absolute atomic E-state index is 0.0970. The number of hydrogen-bond donors (Lipinski definition) is 1. The average molecular weight is 742 g/mol. The van der Waals surface area contributed by atoms with E-state index in [2.05, 4.69) is 73.3 Å². The molecule has 2 unspecified atom stereocenters. The maximum Gasteiger partial charge on any atom is 0.422 e. The van der Waals surface area contributed by atoms with Gasteiger partial charge < -0.3 is 24.4 Å². The molecule has 0 spiro atoms. The predicted molar refractivity (Wildman–Crippen MR) is 194 cm³/mol. The lowest BCUT2D eigenvalue weighted by Crippen LogP contribution is -2.51. The van der Waals surface area contributed by atoms with Gasteiger partial charge in [-0.2, -0.15) is 23.1 Å². The van der Waals surface area contributed by atoms with Gasteiger partial charge in [0.1, 0.15) is 36.7 Å². The fourth-order valence-corrected chi connectivity index (χ4v) is 13.4. The molecule has 6 rings (SSSR count). The van der Waals surface area contributed by atoms with Crippen molar-refractivity contribution in [2.45, 2.75) is 89.3 Å². The van der Waals surface area contributed by atoms with E-state index in [1.807, 2.05) is 4.90 Å². The third kappa shape index (κ3) is 7.27. The zero-order valence-corrected chi connectivity index (χ0v) is 31.4. The number of nitrogens with one attached hydrogen (secondary N) is 1. The van der Waals surface area contributed by atoms with Crippen LogP contribution in [-0.4, -0.2) is 74.9 Å². The molecule has 278 valence electrons. The van der Waals surface area contributed by atoms with Gasteiger partial charge in [-0.3, -0.25) is 4.98 Å². The first-order chi connectivity index (χ1) is 24.6. The van der Waals surface area contributed by atoms with Crippen LogP contribution in [0.2, 0.25) is 16.6 Å². The lowest BCUT2D eigenvalue weighted by molar-refractivity contribution is -0.154. The summed E-state index contributed by atoms with van der Waals surface area (Å²) in [6.07, 6.45) is -1.39. The molecule has 14 heteroatoms. The number of methoxy groups -OCH3 is 1. The summed E-state index contributed by atoms with van der Waals surface area (Å²) in [5.74, 6) is 2.26. The molecular formula is C38H44F5N5O3Si. The summed E-state index contributed by atoms with van der Waals surface area (Å²) in [5.41, 5.74) is 4.21. The number of rotatable bonds is 10. The Morgan fingerprint density at radius 2 is 1.63 bits per heavy atom. The van der Waals surface area contributed by atoms with Crippen molar-refractivity contribution in [2.24, 2.45) is 0 Å². The summed E-state index contributed by atoms with van der Waals surface area (Å²) < 4.78 is 88.8. The Morgan fingerprint density at radius 1 is 0.962 bits per heavy atom. The Labute approximate surface area is 301 Å². The van der Waals surface area contributed by atoms with E-state index in [4.69, 9.17) is 14.2 Å². The van der Waals surface area contributed by atoms with Crippen molar-refractivity contribution >= 4 is 35.6 Å². The second-order valence-corrected chi connectivity index (χ2v) is 20.2. The van der Waals surface area contributed by atoms with Gasteiger partial charge in [-0.25, -0.2) is 8.78 Å². The SMILES string of the molecule is COCOc1cc(-c2ncc3c(N4CC5CCC(C4)N5)nc(OCC(F)(F)F)nc3c2F)c2c(C#C[Si](C(C)C)(C(C)C)C(C)C)c(F)ccc2c1. The van der Waals surface area contributed by atoms with Crippen LogP contribution in [0.1, 0.15) is 59.9 Å². The quantitative estimate of drug-likeness (QED) is 0.0750. The number of anilines is 1. The van der Waals surface area contributed by atoms with E-state index < -0.39 is 38.5 Å². The van der Waals surface area contributed by atoms with E-state index in [1.54, 1.807) is 18.2 Å². The van der Waals surface area contributed by atoms with Crippen LogP contribution in [0.5, 0.6) is 11.8 Å². The molecule has 0 aliphatic carbocycles. The van der Waals surface area contributed by atoms with Crippen molar-refractivity contribution in [3.63, 3.8) is 0 Å². The normalized spacial score (nSPS) is 17.8. The van der Waals surface area contributed by atoms with E-state index in [9.17, 15) is 13.2 Å². The Hall–Kier alpha value is -4.06. The summed E-state index contributed by atoms with van der Waals surface area (Å²) >= 11 is 0. The smallest absolute Gasteiger partial charge is 0.422 e. The van der Waals surface area contributed by atoms with Gasteiger partial charge in [-0.1, -0.05) is 53.5 Å². The number of piperazine rings is 1. The fourth-order valence-electron chi connectivity index (χ4n) is 8.17. The van der Waals surface area contributed by atoms with Gasteiger partial charge in [0.15, 0.2) is 19.2 Å². The summed E-state index contributed by atoms with van der Waals surface area (Å²) in [7, 11) is -0.866. The average Bonchev–Trinajstić information content (AvgIpc) is 3.43. The van der Waals surface area contributed by atoms with Crippen LogP contribution in [0.25, 0.3) is 32.9 Å². The van der Waals surface area contributed by atoms with E-state index in [1.165, 1.54) is 19.4 Å². The van der Waals surface area contributed by atoms with Crippen molar-refractivity contribution in [3.05, 3.63) is 47.7 Å². The van der Waals surface area contributed by atoms with Crippen molar-refractivity contribution in [2.75, 3.05) is 38.5 Å². The molecule has 2 aliphatic heterocycles. The highest BCUT2D eigenvalue weighted by Crippen LogP contribution is 2.43. The molecule has 4 aromatic rings. The number of aromatic nitrogens is 3. The molecule has 1 N–H and O–H groups in total. The monoisotopic (exact) mass is 741 g/mol. The Kier molecular flexibility index (Phi) is 10.7. The Balaban J connectivity index is 1.60. The number of benzene rings is 2. The topological polar surface area (TPSA) is 81.6 Å². The van der Waals surface area contributed by atoms with Crippen molar-refractivity contribution in [1.82, 2.24) is 20.3 Å². The van der Waals surface area contributed by atoms with Gasteiger partial charge in [0.2, 0.25) is 0 Å². The predicted octanol–water partition coefficient (Wildman–Crippen LogP) is 8.56. The number of fused-ring (bicyclic) bond motifs is 4. The molecule has 0 amide bonds. The van der Waals surface area contributed by atoms with Crippen molar-refractivity contribution in [1.29, 1.82) is 0 Å². The van der Waals surface area contributed by atoms with Crippen molar-refractivity contribution < 1.29 is 36.2 Å². The third-order valence-electron chi connectivity index (χ3n) is 10.4. The molecule has 2 aromatic carbocycles. The number of hydrogen-bond acceptors (Lipinski definition) is 8. The van der Waals surface area contributed by atoms with E-state index in [-0.39, 0.29) is 69.0 Å². The van der Waals surface area contributed by atoms with Gasteiger partial charge in [0.05, 0.1) is 10.9 Å². The highest BCUT2D eigenvalue weighted by atomic mass is 28.3. The number of pyridine rings is 1. The second-order valence-electron chi connectivity index (χ2n) is 14.6. The summed E-state index contributed by atoms with van der Waals surface area (Å²) in [4.78, 5) is 15.0. The standard InChI is InChI=1S/C38H44F5N5O3Si/c1-21(2)52(22(3)4,23(5)6)13-12-28-31(39)11-8-24-14-27(51-20-49-7)15-29(32(24)28)34-33(40)35-30(16-44-34)36(47-37(46-35)50-19-38(41,42)43)48-17-25-9-10-26(18-48)45-25/h8,11,14-16,21-23,25-26,45H,9-10,17-20H2,1-7H3. The fraction of sp³-hybridized carbons (Fsp3) is 0.500. The van der Waals surface area contributed by atoms with Gasteiger partial charge in [0, 0.05) is 49.4 Å². The Bertz CT molecular complexity index is 2000. The summed E-state index contributed by atoms with van der Waals surface area (Å²) in [6.45, 7) is 12.2. The van der Waals surface area contributed by atoms with Crippen LogP contribution in [0, 0.1) is 23.1 Å². The van der Waals surface area contributed by atoms with Gasteiger partial charge in [-0.05, 0) is 53.1 Å². The van der Waals surface area contributed by atoms with E-state index in [0.717, 1.165) is 12.8 Å². The lowest BCUT2D eigenvalue weighted by Gasteiger charge is -2.38. The van der Waals surface area contributed by atoms with Crippen molar-refractivity contribution in [3.8, 4) is 34.5 Å². The van der Waals surface area contributed by atoms with Crippen LogP contribution in [0.15, 0.2) is 30.5 Å². The van der Waals surface area contributed by atoms with Gasteiger partial charge >= 0.3 is 12.2 Å². The zero-order valence-electron chi connectivity index (χ0n) is 30.4. The molecule has 2 bridgehead atoms. The van der Waals surface area contributed by atoms with Crippen LogP contribution >= 0.6 is 0 Å². The Morgan fingerprint density at radius 3 is 2.25 bits per heavy atom. The maximum atomic E-state index is 17.1. The highest BCUT2D eigenvalue weighted by Gasteiger charge is 2.42. The van der Waals surface area contributed by atoms with Crippen LogP contribution in [-0.2, 0) is 4.74 Å². The van der Waals surface area contributed by atoms with E-state index >= 15 is 8.78 Å². The third-order valence-corrected chi connectivity index (χ3v) is 16.7. The largest absolute Gasteiger partial charge is 0.468 e. The molecule has 2 atom stereocenters. The molecule has 52 heavy (non-hydrogen) atoms. The summed E-state index contributed by atoms with van der Waals surface area (Å²) in [5, 5.41) is 4.57. The zero-order chi connectivity index (χ0) is 37.5. The summed E-state index contributed by atoms with van der Waals surface area (Å²) in [6, 6.07) is 5.82. The molecule has 2 aromatic heterocycles. The molecular weight excluding hydrogens is 698 g/mol. The van der Waals surface area contributed by atoms with Crippen LogP contribution in [0.4, 0.5) is 27.8 Å². The molecule has 2 aliphatic rings. The van der Waals surface area contributed by atoms with Gasteiger partial charge in [-0.15, -0.1) is 5.54 Å².